The number of hydrogen-bond acceptors (Lipinski definition) is 3. The van der Waals surface area contributed by atoms with E-state index in [2.05, 4.69) is 0 Å². The van der Waals surface area contributed by atoms with E-state index in [1.165, 1.54) is 10.6 Å². The molecule has 0 aliphatic rings. The van der Waals surface area contributed by atoms with E-state index in [1.807, 2.05) is 0 Å². The second-order valence-corrected chi connectivity index (χ2v) is 5.24. The lowest BCUT2D eigenvalue weighted by molar-refractivity contribution is 0.112. The Morgan fingerprint density at radius 3 is 2.41 bits per heavy atom. The molecule has 0 radical (unpaired) electrons. The van der Waals surface area contributed by atoms with Crippen LogP contribution in [0, 0.1) is 0 Å². The molecule has 3 nitrogen and oxygen atoms in total. The third kappa shape index (κ3) is 2.26. The van der Waals surface area contributed by atoms with Gasteiger partial charge in [0, 0.05) is 0 Å². The number of halogens is 3. The molecular formula is C10H4Cl3NO2S. The van der Waals surface area contributed by atoms with E-state index in [9.17, 15) is 9.59 Å². The smallest absolute Gasteiger partial charge is 0.297 e. The topological polar surface area (TPSA) is 39.1 Å². The van der Waals surface area contributed by atoms with Crippen LogP contribution < -0.4 is 4.87 Å². The molecule has 1 aromatic heterocycles. The molecule has 0 atom stereocenters. The molecule has 2 aromatic rings. The van der Waals surface area contributed by atoms with E-state index in [0.717, 1.165) is 11.3 Å². The fourth-order valence-electron chi connectivity index (χ4n) is 1.29. The molecular weight excluding hydrogens is 305 g/mol. The molecule has 0 saturated carbocycles. The monoisotopic (exact) mass is 307 g/mol. The SMILES string of the molecule is O=Cc1sc(=O)n(-c2ccc(Cl)c(Cl)c2)c1Cl. The molecule has 0 N–H and O–H groups in total. The van der Waals surface area contributed by atoms with Gasteiger partial charge in [0.15, 0.2) is 6.29 Å². The molecule has 0 fully saturated rings. The maximum Gasteiger partial charge on any atom is 0.313 e. The van der Waals surface area contributed by atoms with Crippen molar-refractivity contribution >= 4 is 52.4 Å². The summed E-state index contributed by atoms with van der Waals surface area (Å²) >= 11 is 18.3. The highest BCUT2D eigenvalue weighted by atomic mass is 35.5. The van der Waals surface area contributed by atoms with Crippen molar-refractivity contribution in [1.82, 2.24) is 4.57 Å². The van der Waals surface area contributed by atoms with Crippen molar-refractivity contribution in [2.75, 3.05) is 0 Å². The van der Waals surface area contributed by atoms with Gasteiger partial charge in [-0.3, -0.25) is 14.2 Å². The molecule has 0 saturated heterocycles. The van der Waals surface area contributed by atoms with Crippen molar-refractivity contribution in [1.29, 1.82) is 0 Å². The number of nitrogens with zero attached hydrogens (tertiary/aromatic N) is 1. The van der Waals surface area contributed by atoms with Crippen molar-refractivity contribution < 1.29 is 4.79 Å². The average molecular weight is 309 g/mol. The van der Waals surface area contributed by atoms with Gasteiger partial charge in [-0.2, -0.15) is 0 Å². The van der Waals surface area contributed by atoms with Gasteiger partial charge in [0.2, 0.25) is 0 Å². The van der Waals surface area contributed by atoms with Gasteiger partial charge in [0.05, 0.1) is 15.7 Å². The normalized spacial score (nSPS) is 10.5. The fourth-order valence-corrected chi connectivity index (χ4v) is 2.66. The number of aldehydes is 1. The van der Waals surface area contributed by atoms with Crippen LogP contribution in [0.15, 0.2) is 23.0 Å². The van der Waals surface area contributed by atoms with Crippen molar-refractivity contribution in [2.45, 2.75) is 0 Å². The third-order valence-corrected chi connectivity index (χ3v) is 4.14. The first kappa shape index (κ1) is 12.6. The van der Waals surface area contributed by atoms with Gasteiger partial charge in [0.25, 0.3) is 0 Å². The summed E-state index contributed by atoms with van der Waals surface area (Å²) in [5.41, 5.74) is 0.471. The minimum atomic E-state index is -0.351. The highest BCUT2D eigenvalue weighted by Crippen LogP contribution is 2.27. The average Bonchev–Trinajstić information content (AvgIpc) is 2.58. The molecule has 0 aliphatic heterocycles. The van der Waals surface area contributed by atoms with Gasteiger partial charge in [-0.1, -0.05) is 46.1 Å². The highest BCUT2D eigenvalue weighted by molar-refractivity contribution is 7.11. The van der Waals surface area contributed by atoms with Gasteiger partial charge >= 0.3 is 4.87 Å². The zero-order valence-electron chi connectivity index (χ0n) is 8.12. The van der Waals surface area contributed by atoms with Crippen molar-refractivity contribution in [3.63, 3.8) is 0 Å². The summed E-state index contributed by atoms with van der Waals surface area (Å²) in [6, 6.07) is 4.67. The highest BCUT2D eigenvalue weighted by Gasteiger charge is 2.14. The van der Waals surface area contributed by atoms with Crippen LogP contribution in [0.25, 0.3) is 5.69 Å². The maximum atomic E-state index is 11.7. The van der Waals surface area contributed by atoms with E-state index in [4.69, 9.17) is 34.8 Å². The Morgan fingerprint density at radius 1 is 1.18 bits per heavy atom. The lowest BCUT2D eigenvalue weighted by Crippen LogP contribution is -2.10. The number of aromatic nitrogens is 1. The first-order valence-electron chi connectivity index (χ1n) is 4.36. The van der Waals surface area contributed by atoms with Gasteiger partial charge in [0.1, 0.15) is 10.0 Å². The van der Waals surface area contributed by atoms with Crippen LogP contribution in [-0.2, 0) is 0 Å². The summed E-state index contributed by atoms with van der Waals surface area (Å²) in [6.45, 7) is 0. The second-order valence-electron chi connectivity index (χ2n) is 3.07. The molecule has 0 unspecified atom stereocenters. The summed E-state index contributed by atoms with van der Waals surface area (Å²) in [7, 11) is 0. The third-order valence-electron chi connectivity index (χ3n) is 2.05. The first-order valence-corrected chi connectivity index (χ1v) is 6.31. The Bertz CT molecular complexity index is 647. The standard InChI is InChI=1S/C10H4Cl3NO2S/c11-6-2-1-5(3-7(6)12)14-9(13)8(4-15)17-10(14)16/h1-4H. The Kier molecular flexibility index (Phi) is 3.58. The zero-order valence-corrected chi connectivity index (χ0v) is 11.2. The lowest BCUT2D eigenvalue weighted by Gasteiger charge is -2.04. The molecule has 2 rings (SSSR count). The van der Waals surface area contributed by atoms with Gasteiger partial charge < -0.3 is 0 Å². The van der Waals surface area contributed by atoms with Crippen molar-refractivity contribution in [3.05, 3.63) is 47.9 Å². The van der Waals surface area contributed by atoms with Crippen LogP contribution >= 0.6 is 46.1 Å². The maximum absolute atomic E-state index is 11.7. The Morgan fingerprint density at radius 2 is 1.88 bits per heavy atom. The Balaban J connectivity index is 2.68. The van der Waals surface area contributed by atoms with E-state index < -0.39 is 0 Å². The van der Waals surface area contributed by atoms with Gasteiger partial charge in [-0.15, -0.1) is 0 Å². The van der Waals surface area contributed by atoms with E-state index in [0.29, 0.717) is 22.0 Å². The van der Waals surface area contributed by atoms with Crippen LogP contribution in [0.4, 0.5) is 0 Å². The van der Waals surface area contributed by atoms with E-state index in [-0.39, 0.29) is 14.9 Å². The van der Waals surface area contributed by atoms with Crippen LogP contribution in [0.3, 0.4) is 0 Å². The summed E-state index contributed by atoms with van der Waals surface area (Å²) in [5, 5.41) is 0.768. The number of carbonyl (C=O) groups is 1. The summed E-state index contributed by atoms with van der Waals surface area (Å²) in [4.78, 5) is 22.2. The largest absolute Gasteiger partial charge is 0.313 e. The fraction of sp³-hybridized carbons (Fsp3) is 0. The van der Waals surface area contributed by atoms with Crippen molar-refractivity contribution in [3.8, 4) is 5.69 Å². The molecule has 7 heteroatoms. The quantitative estimate of drug-likeness (QED) is 0.794. The number of carbonyl (C=O) groups excluding carboxylic acids is 1. The minimum Gasteiger partial charge on any atom is -0.297 e. The van der Waals surface area contributed by atoms with Crippen LogP contribution in [0.5, 0.6) is 0 Å². The molecule has 0 aliphatic carbocycles. The molecule has 1 aromatic carbocycles. The molecule has 0 amide bonds. The first-order chi connectivity index (χ1) is 8.04. The molecule has 0 bridgehead atoms. The number of thiazole rings is 1. The number of rotatable bonds is 2. The second kappa shape index (κ2) is 4.82. The summed E-state index contributed by atoms with van der Waals surface area (Å²) in [5.74, 6) is 0. The van der Waals surface area contributed by atoms with Crippen LogP contribution in [0.1, 0.15) is 9.67 Å². The van der Waals surface area contributed by atoms with Crippen LogP contribution in [0.2, 0.25) is 15.2 Å². The van der Waals surface area contributed by atoms with Gasteiger partial charge in [-0.25, -0.2) is 0 Å². The number of benzene rings is 1. The lowest BCUT2D eigenvalue weighted by atomic mass is 10.3. The summed E-state index contributed by atoms with van der Waals surface area (Å²) < 4.78 is 1.21. The molecule has 17 heavy (non-hydrogen) atoms. The Hall–Kier alpha value is -0.810. The van der Waals surface area contributed by atoms with E-state index >= 15 is 0 Å². The Labute approximate surface area is 115 Å². The van der Waals surface area contributed by atoms with Gasteiger partial charge in [-0.05, 0) is 18.2 Å². The molecule has 88 valence electrons. The van der Waals surface area contributed by atoms with E-state index in [1.54, 1.807) is 12.1 Å². The predicted octanol–water partition coefficient (Wildman–Crippen LogP) is 3.67. The number of hydrogen-bond donors (Lipinski definition) is 0. The zero-order chi connectivity index (χ0) is 12.6. The molecule has 1 heterocycles. The minimum absolute atomic E-state index is 0.0772. The van der Waals surface area contributed by atoms with Crippen molar-refractivity contribution in [2.24, 2.45) is 0 Å². The summed E-state index contributed by atoms with van der Waals surface area (Å²) in [6.07, 6.45) is 0.544. The molecule has 0 spiro atoms. The van der Waals surface area contributed by atoms with Crippen LogP contribution in [-0.4, -0.2) is 10.9 Å². The predicted molar refractivity (Wildman–Crippen MR) is 70.3 cm³/mol.